The number of amides is 6. The van der Waals surface area contributed by atoms with Gasteiger partial charge in [0.1, 0.15) is 36.8 Å². The molecule has 17 nitrogen and oxygen atoms in total. The lowest BCUT2D eigenvalue weighted by atomic mass is 9.98. The molecule has 1 aliphatic carbocycles. The van der Waals surface area contributed by atoms with Gasteiger partial charge < -0.3 is 53.1 Å². The van der Waals surface area contributed by atoms with Crippen LogP contribution in [0, 0.1) is 5.41 Å². The molecule has 0 saturated carbocycles. The van der Waals surface area contributed by atoms with Crippen LogP contribution >= 0.6 is 0 Å². The normalized spacial score (nSPS) is 14.0. The van der Waals surface area contributed by atoms with Crippen LogP contribution in [0.5, 0.6) is 0 Å². The molecule has 62 heavy (non-hydrogen) atoms. The smallest absolute Gasteiger partial charge is 0.407 e. The van der Waals surface area contributed by atoms with E-state index >= 15 is 0 Å². The van der Waals surface area contributed by atoms with Crippen molar-refractivity contribution in [3.8, 4) is 11.1 Å². The monoisotopic (exact) mass is 846 g/mol. The third-order valence-corrected chi connectivity index (χ3v) is 10.5. The van der Waals surface area contributed by atoms with E-state index in [-0.39, 0.29) is 57.1 Å². The van der Waals surface area contributed by atoms with Gasteiger partial charge in [0.15, 0.2) is 5.96 Å². The molecule has 1 aliphatic rings. The summed E-state index contributed by atoms with van der Waals surface area (Å²) < 4.78 is 5.65. The van der Waals surface area contributed by atoms with Crippen LogP contribution in [0.1, 0.15) is 55.2 Å². The molecular weight excluding hydrogens is 793 g/mol. The number of guanidine groups is 1. The van der Waals surface area contributed by atoms with Gasteiger partial charge in [-0.15, -0.1) is 13.2 Å². The van der Waals surface area contributed by atoms with Crippen LogP contribution in [0.2, 0.25) is 0 Å². The maximum absolute atomic E-state index is 14.1. The molecule has 0 fully saturated rings. The van der Waals surface area contributed by atoms with E-state index in [4.69, 9.17) is 21.6 Å². The van der Waals surface area contributed by atoms with Gasteiger partial charge in [-0.1, -0.05) is 78.9 Å². The number of benzene rings is 3. The maximum atomic E-state index is 14.1. The Labute approximate surface area is 359 Å². The first kappa shape index (κ1) is 45.7. The van der Waals surface area contributed by atoms with Crippen molar-refractivity contribution in [1.29, 1.82) is 5.41 Å². The zero-order valence-electron chi connectivity index (χ0n) is 34.5. The number of hydrogen-bond acceptors (Lipinski definition) is 8. The third kappa shape index (κ3) is 11.9. The highest BCUT2D eigenvalue weighted by molar-refractivity contribution is 5.96. The Hall–Kier alpha value is -7.43. The number of nitrogens with one attached hydrogen (secondary N) is 8. The molecule has 1 heterocycles. The Morgan fingerprint density at radius 3 is 1.95 bits per heavy atom. The second kappa shape index (κ2) is 21.7. The minimum absolute atomic E-state index is 0.0186. The zero-order chi connectivity index (χ0) is 44.8. The molecule has 5 rings (SSSR count). The number of alkyl carbamates (subject to hydrolysis) is 1. The minimum Gasteiger partial charge on any atom is -0.449 e. The summed E-state index contributed by atoms with van der Waals surface area (Å²) >= 11 is 0. The summed E-state index contributed by atoms with van der Waals surface area (Å²) in [7, 11) is 0. The summed E-state index contributed by atoms with van der Waals surface area (Å²) in [4.78, 5) is 83.4. The summed E-state index contributed by atoms with van der Waals surface area (Å²) in [6.45, 7) is 8.96. The quantitative estimate of drug-likeness (QED) is 0.0241. The van der Waals surface area contributed by atoms with E-state index in [2.05, 4.69) is 50.0 Å². The summed E-state index contributed by atoms with van der Waals surface area (Å²) in [5.74, 6) is -4.14. The Morgan fingerprint density at radius 2 is 1.31 bits per heavy atom. The molecular formula is C45H54N10O7. The molecule has 5 atom stereocenters. The van der Waals surface area contributed by atoms with Crippen LogP contribution in [0.3, 0.4) is 0 Å². The number of hydrogen-bond donors (Lipinski definition) is 10. The fourth-order valence-corrected chi connectivity index (χ4v) is 7.34. The number of aromatic amines is 1. The van der Waals surface area contributed by atoms with Gasteiger partial charge in [0.25, 0.3) is 0 Å². The van der Waals surface area contributed by atoms with Crippen LogP contribution in [0.15, 0.2) is 104 Å². The number of aromatic nitrogens is 1. The number of nitrogens with two attached hydrogens (primary N) is 2. The summed E-state index contributed by atoms with van der Waals surface area (Å²) in [5.41, 5.74) is 16.6. The van der Waals surface area contributed by atoms with Gasteiger partial charge in [0, 0.05) is 36.0 Å². The summed E-state index contributed by atoms with van der Waals surface area (Å²) in [6.07, 6.45) is 4.13. The number of ether oxygens (including phenoxy) is 1. The average Bonchev–Trinajstić information content (AvgIpc) is 3.81. The first-order chi connectivity index (χ1) is 29.8. The highest BCUT2D eigenvalue weighted by Crippen LogP contribution is 2.44. The third-order valence-electron chi connectivity index (χ3n) is 10.5. The first-order valence-electron chi connectivity index (χ1n) is 20.3. The molecule has 1 aromatic heterocycles. The van der Waals surface area contributed by atoms with Crippen molar-refractivity contribution in [3.05, 3.63) is 121 Å². The van der Waals surface area contributed by atoms with Crippen LogP contribution in [-0.2, 0) is 35.1 Å². The topological polar surface area (TPSA) is 276 Å². The van der Waals surface area contributed by atoms with Crippen molar-refractivity contribution in [2.24, 2.45) is 11.5 Å². The highest BCUT2D eigenvalue weighted by atomic mass is 16.5. The van der Waals surface area contributed by atoms with Gasteiger partial charge >= 0.3 is 6.09 Å². The first-order valence-corrected chi connectivity index (χ1v) is 20.3. The molecule has 0 bridgehead atoms. The van der Waals surface area contributed by atoms with E-state index < -0.39 is 65.8 Å². The standard InChI is InChI=1S/C45H54N10O7/c1-4-13-35(39(46)56)52-42(59)37(21-12-22-49-44(47)48)53-43(60)38(23-27-24-50-34-20-11-10-15-28(27)34)54-40(57)26(3)51-41(58)36(14-5-2)55-45(61)62-25-33-31-18-8-6-16-29(31)30-17-7-9-19-32(30)33/h4-11,15-20,24,26,33,35-38,50H,1-2,12-14,21-23,25H2,3H3,(H2,46,56)(H,51,58)(H,52,59)(H,53,60)(H,54,57)(H,55,61)(H4,47,48,49)/t26-,35-,36-,37-,38-/m0/s1. The van der Waals surface area contributed by atoms with Crippen molar-refractivity contribution in [3.63, 3.8) is 0 Å². The summed E-state index contributed by atoms with van der Waals surface area (Å²) in [6, 6.07) is 17.3. The number of carbonyl (C=O) groups is 6. The predicted molar refractivity (Wildman–Crippen MR) is 235 cm³/mol. The molecule has 17 heteroatoms. The Kier molecular flexibility index (Phi) is 16.0. The second-order valence-electron chi connectivity index (χ2n) is 14.9. The molecule has 3 aromatic carbocycles. The molecule has 6 amide bonds. The Balaban J connectivity index is 1.27. The average molecular weight is 847 g/mol. The molecule has 0 aliphatic heterocycles. The molecule has 326 valence electrons. The van der Waals surface area contributed by atoms with Crippen molar-refractivity contribution >= 4 is 52.5 Å². The molecule has 0 saturated heterocycles. The number of para-hydroxylation sites is 1. The van der Waals surface area contributed by atoms with Crippen molar-refractivity contribution in [2.75, 3.05) is 13.2 Å². The number of fused-ring (bicyclic) bond motifs is 4. The highest BCUT2D eigenvalue weighted by Gasteiger charge is 2.33. The number of H-pyrrole nitrogens is 1. The molecule has 12 N–H and O–H groups in total. The van der Waals surface area contributed by atoms with E-state index in [1.807, 2.05) is 72.8 Å². The van der Waals surface area contributed by atoms with Crippen molar-refractivity contribution in [1.82, 2.24) is 36.9 Å². The van der Waals surface area contributed by atoms with Gasteiger partial charge in [-0.05, 0) is 66.5 Å². The van der Waals surface area contributed by atoms with Crippen LogP contribution in [0.4, 0.5) is 4.79 Å². The van der Waals surface area contributed by atoms with E-state index in [1.54, 1.807) is 6.20 Å². The van der Waals surface area contributed by atoms with Gasteiger partial charge in [-0.25, -0.2) is 4.79 Å². The zero-order valence-corrected chi connectivity index (χ0v) is 34.5. The van der Waals surface area contributed by atoms with Crippen molar-refractivity contribution in [2.45, 2.75) is 75.2 Å². The maximum Gasteiger partial charge on any atom is 0.407 e. The molecule has 4 aromatic rings. The Bertz CT molecular complexity index is 2260. The molecule has 0 unspecified atom stereocenters. The van der Waals surface area contributed by atoms with Crippen LogP contribution < -0.4 is 43.4 Å². The fraction of sp³-hybridized carbons (Fsp3) is 0.311. The lowest BCUT2D eigenvalue weighted by Gasteiger charge is -2.26. The number of carbonyl (C=O) groups excluding carboxylic acids is 6. The second-order valence-corrected chi connectivity index (χ2v) is 14.9. The van der Waals surface area contributed by atoms with E-state index in [0.29, 0.717) is 5.56 Å². The largest absolute Gasteiger partial charge is 0.449 e. The Morgan fingerprint density at radius 1 is 0.742 bits per heavy atom. The minimum atomic E-state index is -1.27. The lowest BCUT2D eigenvalue weighted by molar-refractivity contribution is -0.134. The van der Waals surface area contributed by atoms with Gasteiger partial charge in [0.2, 0.25) is 29.5 Å². The lowest BCUT2D eigenvalue weighted by Crippen LogP contribution is -2.59. The van der Waals surface area contributed by atoms with Crippen molar-refractivity contribution < 1.29 is 33.5 Å². The van der Waals surface area contributed by atoms with E-state index in [0.717, 1.165) is 33.2 Å². The molecule has 0 spiro atoms. The predicted octanol–water partition coefficient (Wildman–Crippen LogP) is 2.48. The van der Waals surface area contributed by atoms with Gasteiger partial charge in [-0.3, -0.25) is 29.4 Å². The van der Waals surface area contributed by atoms with E-state index in [9.17, 15) is 28.8 Å². The van der Waals surface area contributed by atoms with Gasteiger partial charge in [-0.2, -0.15) is 0 Å². The fourth-order valence-electron chi connectivity index (χ4n) is 7.34. The van der Waals surface area contributed by atoms with Crippen LogP contribution in [0.25, 0.3) is 22.0 Å². The van der Waals surface area contributed by atoms with Crippen LogP contribution in [-0.4, -0.2) is 89.9 Å². The SMILES string of the molecule is C=CC[C@H](NC(=O)[C@H](CCCNC(=N)N)NC(=O)[C@H](Cc1c[nH]c2ccccc12)NC(=O)[C@H](C)NC(=O)[C@H](CC=C)NC(=O)OCC1c2ccccc2-c2ccccc21)C(N)=O. The molecule has 0 radical (unpaired) electrons. The summed E-state index contributed by atoms with van der Waals surface area (Å²) in [5, 5.41) is 24.1. The number of primary amides is 1. The van der Waals surface area contributed by atoms with Gasteiger partial charge in [0.05, 0.1) is 0 Å². The number of rotatable bonds is 22. The van der Waals surface area contributed by atoms with E-state index in [1.165, 1.54) is 19.1 Å².